The first kappa shape index (κ1) is 24.2. The third-order valence-electron chi connectivity index (χ3n) is 6.16. The zero-order chi connectivity index (χ0) is 24.6. The quantitative estimate of drug-likeness (QED) is 0.571. The van der Waals surface area contributed by atoms with E-state index in [0.717, 1.165) is 17.9 Å². The lowest BCUT2D eigenvalue weighted by Crippen LogP contribution is -2.45. The molecule has 2 aromatic carbocycles. The minimum Gasteiger partial charge on any atom is -0.296 e. The molecule has 0 unspecified atom stereocenters. The maximum atomic E-state index is 13.8. The highest BCUT2D eigenvalue weighted by Gasteiger charge is 2.35. The van der Waals surface area contributed by atoms with Crippen molar-refractivity contribution in [2.45, 2.75) is 51.1 Å². The molecular weight excluding hydrogens is 460 g/mol. The van der Waals surface area contributed by atoms with Crippen molar-refractivity contribution in [1.29, 1.82) is 0 Å². The van der Waals surface area contributed by atoms with Gasteiger partial charge in [0.2, 0.25) is 10.0 Å². The lowest BCUT2D eigenvalue weighted by molar-refractivity contribution is 0.413. The molecule has 6 nitrogen and oxygen atoms in total. The number of nitrogens with zero attached hydrogens (tertiary/aromatic N) is 2. The van der Waals surface area contributed by atoms with Crippen LogP contribution in [0.4, 0.5) is 8.78 Å². The summed E-state index contributed by atoms with van der Waals surface area (Å²) in [4.78, 5) is 17.9. The minimum absolute atomic E-state index is 0.0969. The van der Waals surface area contributed by atoms with E-state index in [1.807, 2.05) is 26.0 Å². The van der Waals surface area contributed by atoms with E-state index in [1.54, 1.807) is 23.0 Å². The van der Waals surface area contributed by atoms with E-state index in [4.69, 9.17) is 0 Å². The molecule has 1 N–H and O–H groups in total. The lowest BCUT2D eigenvalue weighted by atomic mass is 9.78. The molecule has 4 rings (SSSR count). The highest BCUT2D eigenvalue weighted by atomic mass is 32.2. The van der Waals surface area contributed by atoms with Crippen molar-refractivity contribution in [1.82, 2.24) is 14.3 Å². The topological polar surface area (TPSA) is 81.1 Å². The van der Waals surface area contributed by atoms with Crippen LogP contribution < -0.4 is 10.3 Å². The number of sulfonamides is 1. The van der Waals surface area contributed by atoms with Gasteiger partial charge >= 0.3 is 0 Å². The second kappa shape index (κ2) is 9.38. The monoisotopic (exact) mass is 487 g/mol. The Bertz CT molecular complexity index is 1370. The number of hydrogen-bond donors (Lipinski definition) is 1. The average Bonchev–Trinajstić information content (AvgIpc) is 2.74. The molecule has 0 radical (unpaired) electrons. The van der Waals surface area contributed by atoms with E-state index < -0.39 is 33.6 Å². The molecule has 0 spiro atoms. The number of hydrogen-bond acceptors (Lipinski definition) is 4. The molecular formula is C25H27F2N3O3S. The van der Waals surface area contributed by atoms with Crippen molar-refractivity contribution in [2.75, 3.05) is 6.26 Å². The normalized spacial score (nSPS) is 18.2. The van der Waals surface area contributed by atoms with Gasteiger partial charge in [0.1, 0.15) is 11.6 Å². The summed E-state index contributed by atoms with van der Waals surface area (Å²) in [6.07, 6.45) is 4.03. The number of aryl methyl sites for hydroxylation is 1. The first-order valence-electron chi connectivity index (χ1n) is 11.1. The molecule has 0 amide bonds. The molecule has 1 aliphatic rings. The number of rotatable bonds is 6. The Morgan fingerprint density at radius 3 is 2.47 bits per heavy atom. The second-order valence-electron chi connectivity index (χ2n) is 9.12. The number of benzene rings is 2. The van der Waals surface area contributed by atoms with Gasteiger partial charge < -0.3 is 0 Å². The Labute approximate surface area is 197 Å². The van der Waals surface area contributed by atoms with Gasteiger partial charge in [0, 0.05) is 29.6 Å². The van der Waals surface area contributed by atoms with Gasteiger partial charge in [-0.15, -0.1) is 0 Å². The first-order valence-corrected chi connectivity index (χ1v) is 13.0. The molecule has 9 heteroatoms. The largest absolute Gasteiger partial charge is 0.296 e. The average molecular weight is 488 g/mol. The summed E-state index contributed by atoms with van der Waals surface area (Å²) in [5.41, 5.74) is 2.88. The summed E-state index contributed by atoms with van der Waals surface area (Å²) in [6.45, 7) is 3.78. The van der Waals surface area contributed by atoms with E-state index >= 15 is 0 Å². The Balaban J connectivity index is 1.78. The molecule has 2 atom stereocenters. The van der Waals surface area contributed by atoms with Crippen LogP contribution in [0.2, 0.25) is 0 Å². The molecule has 180 valence electrons. The molecule has 1 heterocycles. The van der Waals surface area contributed by atoms with Gasteiger partial charge in [0.15, 0.2) is 0 Å². The van der Waals surface area contributed by atoms with Crippen LogP contribution in [0.5, 0.6) is 0 Å². The van der Waals surface area contributed by atoms with Gasteiger partial charge in [-0.05, 0) is 61.9 Å². The fourth-order valence-corrected chi connectivity index (χ4v) is 5.50. The van der Waals surface area contributed by atoms with Crippen LogP contribution in [0, 0.1) is 11.6 Å². The van der Waals surface area contributed by atoms with E-state index in [0.29, 0.717) is 41.6 Å². The predicted octanol–water partition coefficient (Wildman–Crippen LogP) is 3.96. The van der Waals surface area contributed by atoms with Gasteiger partial charge in [-0.25, -0.2) is 26.9 Å². The Morgan fingerprint density at radius 2 is 1.82 bits per heavy atom. The molecule has 1 aliphatic carbocycles. The predicted molar refractivity (Wildman–Crippen MR) is 127 cm³/mol. The molecule has 0 fully saturated rings. The number of nitrogens with one attached hydrogen (secondary N) is 1. The standard InChI is InChI=1S/C25H27F2N3O3S/c1-15(2)30-14-28-23-8-7-22(29-34(3,32)33)21(24(23)25(30)31)10-16-5-4-6-17(9-16)18-11-19(26)13-20(27)12-18/h4-6,9,11-15,21-22,29H,7-8,10H2,1-3H3/t21-,22+/m0/s1. The summed E-state index contributed by atoms with van der Waals surface area (Å²) in [5, 5.41) is 0. The van der Waals surface area contributed by atoms with Gasteiger partial charge in [-0.1, -0.05) is 24.3 Å². The SMILES string of the molecule is CC(C)n1cnc2c(c1=O)[C@@H](Cc1cccc(-c3cc(F)cc(F)c3)c1)[C@H](NS(C)(=O)=O)CC2. The Morgan fingerprint density at radius 1 is 1.12 bits per heavy atom. The molecule has 0 saturated carbocycles. The highest BCUT2D eigenvalue weighted by molar-refractivity contribution is 7.88. The maximum Gasteiger partial charge on any atom is 0.257 e. The van der Waals surface area contributed by atoms with Crippen LogP contribution >= 0.6 is 0 Å². The van der Waals surface area contributed by atoms with Gasteiger partial charge in [0.25, 0.3) is 5.56 Å². The molecule has 0 aliphatic heterocycles. The summed E-state index contributed by atoms with van der Waals surface area (Å²) >= 11 is 0. The molecule has 1 aromatic heterocycles. The zero-order valence-corrected chi connectivity index (χ0v) is 20.1. The summed E-state index contributed by atoms with van der Waals surface area (Å²) in [6, 6.07) is 9.99. The number of fused-ring (bicyclic) bond motifs is 1. The first-order chi connectivity index (χ1) is 16.0. The summed E-state index contributed by atoms with van der Waals surface area (Å²) < 4.78 is 56.0. The maximum absolute atomic E-state index is 13.8. The van der Waals surface area contributed by atoms with Crippen molar-refractivity contribution in [3.8, 4) is 11.1 Å². The van der Waals surface area contributed by atoms with Crippen molar-refractivity contribution in [3.05, 3.63) is 87.6 Å². The summed E-state index contributed by atoms with van der Waals surface area (Å²) in [7, 11) is -3.51. The van der Waals surface area contributed by atoms with Gasteiger partial charge in [-0.3, -0.25) is 9.36 Å². The van der Waals surface area contributed by atoms with Gasteiger partial charge in [-0.2, -0.15) is 0 Å². The van der Waals surface area contributed by atoms with Crippen molar-refractivity contribution in [2.24, 2.45) is 0 Å². The Kier molecular flexibility index (Phi) is 6.69. The lowest BCUT2D eigenvalue weighted by Gasteiger charge is -2.33. The number of halogens is 2. The van der Waals surface area contributed by atoms with Crippen molar-refractivity contribution in [3.63, 3.8) is 0 Å². The molecule has 3 aromatic rings. The van der Waals surface area contributed by atoms with Gasteiger partial charge in [0.05, 0.1) is 18.3 Å². The zero-order valence-electron chi connectivity index (χ0n) is 19.3. The smallest absolute Gasteiger partial charge is 0.257 e. The third kappa shape index (κ3) is 5.26. The fourth-order valence-electron chi connectivity index (χ4n) is 4.66. The van der Waals surface area contributed by atoms with E-state index in [-0.39, 0.29) is 11.6 Å². The van der Waals surface area contributed by atoms with Crippen LogP contribution in [0.25, 0.3) is 11.1 Å². The summed E-state index contributed by atoms with van der Waals surface area (Å²) in [5.74, 6) is -1.78. The van der Waals surface area contributed by atoms with Crippen LogP contribution in [0.3, 0.4) is 0 Å². The fraction of sp³-hybridized carbons (Fsp3) is 0.360. The highest BCUT2D eigenvalue weighted by Crippen LogP contribution is 2.33. The molecule has 0 bridgehead atoms. The van der Waals surface area contributed by atoms with Crippen LogP contribution in [0.15, 0.2) is 53.6 Å². The third-order valence-corrected chi connectivity index (χ3v) is 6.89. The second-order valence-corrected chi connectivity index (χ2v) is 10.9. The van der Waals surface area contributed by atoms with E-state index in [9.17, 15) is 22.0 Å². The van der Waals surface area contributed by atoms with Crippen molar-refractivity contribution >= 4 is 10.0 Å². The minimum atomic E-state index is -3.51. The van der Waals surface area contributed by atoms with Crippen LogP contribution in [-0.2, 0) is 22.9 Å². The van der Waals surface area contributed by atoms with Crippen molar-refractivity contribution < 1.29 is 17.2 Å². The number of aromatic nitrogens is 2. The Hall–Kier alpha value is -2.91. The van der Waals surface area contributed by atoms with Crippen LogP contribution in [0.1, 0.15) is 49.0 Å². The van der Waals surface area contributed by atoms with E-state index in [2.05, 4.69) is 9.71 Å². The molecule has 34 heavy (non-hydrogen) atoms. The van der Waals surface area contributed by atoms with Crippen LogP contribution in [-0.4, -0.2) is 30.3 Å². The molecule has 0 saturated heterocycles. The van der Waals surface area contributed by atoms with E-state index in [1.165, 1.54) is 12.1 Å².